The Morgan fingerprint density at radius 3 is 2.64 bits per heavy atom. The fraction of sp³-hybridized carbons (Fsp3) is 0. The molecule has 2 heterocycles. The predicted molar refractivity (Wildman–Crippen MR) is 107 cm³/mol. The first-order valence-electron chi connectivity index (χ1n) is 8.26. The number of nitrogens with one attached hydrogen (secondary N) is 1. The van der Waals surface area contributed by atoms with Crippen LogP contribution in [0.25, 0.3) is 33.6 Å². The van der Waals surface area contributed by atoms with Crippen LogP contribution in [0.4, 0.5) is 0 Å². The number of para-hydroxylation sites is 1. The summed E-state index contributed by atoms with van der Waals surface area (Å²) in [6, 6.07) is 18.9. The molecule has 0 unspecified atom stereocenters. The van der Waals surface area contributed by atoms with E-state index in [-0.39, 0.29) is 17.2 Å². The number of H-pyrrole nitrogens is 1. The Hall–Kier alpha value is -3.82. The van der Waals surface area contributed by atoms with E-state index in [1.807, 2.05) is 12.1 Å². The number of hydrogen-bond donors (Lipinski definition) is 2. The number of hydrogen-bond acceptors (Lipinski definition) is 5. The number of nitriles is 1. The molecule has 0 amide bonds. The molecule has 2 aromatic heterocycles. The molecule has 2 aromatic carbocycles. The minimum absolute atomic E-state index is 0.0422. The third kappa shape index (κ3) is 3.04. The second-order valence-electron chi connectivity index (χ2n) is 5.91. The van der Waals surface area contributed by atoms with Crippen molar-refractivity contribution in [2.45, 2.75) is 0 Å². The molecule has 6 nitrogen and oxygen atoms in total. The van der Waals surface area contributed by atoms with Crippen LogP contribution in [0, 0.1) is 11.3 Å². The standard InChI is InChI=1S/C21H12ClN3O3/c22-15-7-3-1-5-12(15)17-9-10-18(28-17)19(26)14(11-23)20-24-16-8-4-2-6-13(16)21(27)25-20/h1-10,26H,(H,24,25,27)/b19-14-. The number of benzene rings is 2. The van der Waals surface area contributed by atoms with Crippen molar-refractivity contribution in [2.24, 2.45) is 0 Å². The highest BCUT2D eigenvalue weighted by Gasteiger charge is 2.18. The van der Waals surface area contributed by atoms with Crippen LogP contribution >= 0.6 is 11.6 Å². The van der Waals surface area contributed by atoms with Gasteiger partial charge in [0, 0.05) is 5.56 Å². The summed E-state index contributed by atoms with van der Waals surface area (Å²) in [5, 5.41) is 21.0. The van der Waals surface area contributed by atoms with Gasteiger partial charge in [0.15, 0.2) is 17.3 Å². The zero-order valence-corrected chi connectivity index (χ0v) is 15.1. The number of aliphatic hydroxyl groups excluding tert-OH is 1. The number of fused-ring (bicyclic) bond motifs is 1. The van der Waals surface area contributed by atoms with Crippen LogP contribution in [-0.2, 0) is 0 Å². The van der Waals surface area contributed by atoms with Crippen LogP contribution in [-0.4, -0.2) is 15.1 Å². The Bertz CT molecular complexity index is 1330. The number of aromatic amines is 1. The van der Waals surface area contributed by atoms with Gasteiger partial charge in [-0.15, -0.1) is 0 Å². The molecule has 7 heteroatoms. The minimum atomic E-state index is -0.431. The molecule has 0 saturated carbocycles. The normalized spacial score (nSPS) is 11.9. The summed E-state index contributed by atoms with van der Waals surface area (Å²) < 4.78 is 5.67. The van der Waals surface area contributed by atoms with Gasteiger partial charge < -0.3 is 14.5 Å². The maximum absolute atomic E-state index is 12.3. The third-order valence-corrected chi connectivity index (χ3v) is 4.51. The molecule has 0 aliphatic heterocycles. The highest BCUT2D eigenvalue weighted by molar-refractivity contribution is 6.33. The molecule has 136 valence electrons. The zero-order valence-electron chi connectivity index (χ0n) is 14.3. The molecule has 4 aromatic rings. The number of allylic oxidation sites excluding steroid dienone is 1. The molecule has 0 atom stereocenters. The van der Waals surface area contributed by atoms with Crippen LogP contribution in [0.3, 0.4) is 0 Å². The average molecular weight is 390 g/mol. The molecular weight excluding hydrogens is 378 g/mol. The molecule has 0 fully saturated rings. The first-order chi connectivity index (χ1) is 13.6. The molecule has 0 saturated heterocycles. The third-order valence-electron chi connectivity index (χ3n) is 4.18. The smallest absolute Gasteiger partial charge is 0.259 e. The highest BCUT2D eigenvalue weighted by atomic mass is 35.5. The molecule has 4 rings (SSSR count). The molecule has 0 spiro atoms. The van der Waals surface area contributed by atoms with Gasteiger partial charge in [-0.25, -0.2) is 4.98 Å². The van der Waals surface area contributed by atoms with Crippen LogP contribution in [0.1, 0.15) is 11.6 Å². The largest absolute Gasteiger partial charge is 0.503 e. The molecule has 28 heavy (non-hydrogen) atoms. The van der Waals surface area contributed by atoms with E-state index < -0.39 is 11.3 Å². The molecule has 0 aliphatic carbocycles. The summed E-state index contributed by atoms with van der Waals surface area (Å²) in [7, 11) is 0. The minimum Gasteiger partial charge on any atom is -0.503 e. The Morgan fingerprint density at radius 1 is 1.11 bits per heavy atom. The monoisotopic (exact) mass is 389 g/mol. The van der Waals surface area contributed by atoms with Crippen molar-refractivity contribution in [1.82, 2.24) is 9.97 Å². The van der Waals surface area contributed by atoms with Crippen molar-refractivity contribution in [3.05, 3.63) is 87.6 Å². The van der Waals surface area contributed by atoms with Crippen molar-refractivity contribution < 1.29 is 9.52 Å². The lowest BCUT2D eigenvalue weighted by Crippen LogP contribution is -2.11. The lowest BCUT2D eigenvalue weighted by Gasteiger charge is -2.04. The van der Waals surface area contributed by atoms with Gasteiger partial charge in [0.25, 0.3) is 5.56 Å². The van der Waals surface area contributed by atoms with Crippen molar-refractivity contribution in [2.75, 3.05) is 0 Å². The van der Waals surface area contributed by atoms with Crippen LogP contribution < -0.4 is 5.56 Å². The second-order valence-corrected chi connectivity index (χ2v) is 6.32. The second kappa shape index (κ2) is 7.06. The number of aliphatic hydroxyl groups is 1. The maximum Gasteiger partial charge on any atom is 0.259 e. The van der Waals surface area contributed by atoms with E-state index in [9.17, 15) is 15.2 Å². The van der Waals surface area contributed by atoms with E-state index in [0.29, 0.717) is 27.2 Å². The summed E-state index contributed by atoms with van der Waals surface area (Å²) in [4.78, 5) is 19.1. The number of furan rings is 1. The molecule has 2 N–H and O–H groups in total. The van der Waals surface area contributed by atoms with E-state index in [1.165, 1.54) is 6.07 Å². The van der Waals surface area contributed by atoms with Crippen LogP contribution in [0.15, 0.2) is 69.9 Å². The molecular formula is C21H12ClN3O3. The Kier molecular flexibility index (Phi) is 4.44. The van der Waals surface area contributed by atoms with Gasteiger partial charge >= 0.3 is 0 Å². The SMILES string of the molecule is N#C/C(=C(/O)c1ccc(-c2ccccc2Cl)o1)c1nc2ccccc2c(=O)[nH]1. The lowest BCUT2D eigenvalue weighted by molar-refractivity contribution is 0.465. The van der Waals surface area contributed by atoms with Gasteiger partial charge in [-0.2, -0.15) is 5.26 Å². The predicted octanol–water partition coefficient (Wildman–Crippen LogP) is 4.79. The fourth-order valence-corrected chi connectivity index (χ4v) is 3.05. The van der Waals surface area contributed by atoms with E-state index in [1.54, 1.807) is 48.5 Å². The summed E-state index contributed by atoms with van der Waals surface area (Å²) in [5.74, 6) is 0.0188. The van der Waals surface area contributed by atoms with Crippen LogP contribution in [0.2, 0.25) is 5.02 Å². The van der Waals surface area contributed by atoms with Gasteiger partial charge in [0.2, 0.25) is 0 Å². The summed E-state index contributed by atoms with van der Waals surface area (Å²) in [5.41, 5.74) is 0.456. The van der Waals surface area contributed by atoms with Crippen molar-refractivity contribution in [1.29, 1.82) is 5.26 Å². The van der Waals surface area contributed by atoms with E-state index >= 15 is 0 Å². The molecule has 0 bridgehead atoms. The van der Waals surface area contributed by atoms with E-state index in [0.717, 1.165) is 0 Å². The number of aromatic nitrogens is 2. The summed E-state index contributed by atoms with van der Waals surface area (Å²) in [6.45, 7) is 0. The highest BCUT2D eigenvalue weighted by Crippen LogP contribution is 2.32. The summed E-state index contributed by atoms with van der Waals surface area (Å²) >= 11 is 6.17. The van der Waals surface area contributed by atoms with Gasteiger partial charge in [0.05, 0.1) is 15.9 Å². The van der Waals surface area contributed by atoms with Gasteiger partial charge in [-0.3, -0.25) is 4.79 Å². The van der Waals surface area contributed by atoms with Gasteiger partial charge in [0.1, 0.15) is 17.4 Å². The van der Waals surface area contributed by atoms with Gasteiger partial charge in [-0.05, 0) is 36.4 Å². The Morgan fingerprint density at radius 2 is 1.86 bits per heavy atom. The maximum atomic E-state index is 12.3. The average Bonchev–Trinajstić information content (AvgIpc) is 3.19. The zero-order chi connectivity index (χ0) is 19.7. The van der Waals surface area contributed by atoms with Crippen molar-refractivity contribution in [3.8, 4) is 17.4 Å². The number of halogens is 1. The van der Waals surface area contributed by atoms with E-state index in [2.05, 4.69) is 9.97 Å². The quantitative estimate of drug-likeness (QED) is 0.387. The van der Waals surface area contributed by atoms with Crippen molar-refractivity contribution >= 4 is 33.8 Å². The molecule has 0 radical (unpaired) electrons. The van der Waals surface area contributed by atoms with Crippen LogP contribution in [0.5, 0.6) is 0 Å². The first-order valence-corrected chi connectivity index (χ1v) is 8.64. The molecule has 0 aliphatic rings. The van der Waals surface area contributed by atoms with E-state index in [4.69, 9.17) is 16.0 Å². The van der Waals surface area contributed by atoms with Crippen molar-refractivity contribution in [3.63, 3.8) is 0 Å². The Labute approximate surface area is 164 Å². The summed E-state index contributed by atoms with van der Waals surface area (Å²) in [6.07, 6.45) is 0. The topological polar surface area (TPSA) is 103 Å². The first kappa shape index (κ1) is 17.6. The Balaban J connectivity index is 1.83. The number of nitrogens with zero attached hydrogens (tertiary/aromatic N) is 2. The lowest BCUT2D eigenvalue weighted by atomic mass is 10.1. The fourth-order valence-electron chi connectivity index (χ4n) is 2.82. The number of rotatable bonds is 3. The van der Waals surface area contributed by atoms with Gasteiger partial charge in [-0.1, -0.05) is 35.9 Å².